The zero-order chi connectivity index (χ0) is 14.9. The lowest BCUT2D eigenvalue weighted by Gasteiger charge is -2.22. The molecule has 1 aliphatic heterocycles. The molecule has 1 aromatic heterocycles. The molecule has 0 spiro atoms. The Hall–Kier alpha value is -2.60. The van der Waals surface area contributed by atoms with E-state index in [9.17, 15) is 0 Å². The lowest BCUT2D eigenvalue weighted by molar-refractivity contribution is 0.411. The minimum absolute atomic E-state index is 0.410. The van der Waals surface area contributed by atoms with Crippen LogP contribution in [0.25, 0.3) is 11.3 Å². The summed E-state index contributed by atoms with van der Waals surface area (Å²) in [7, 11) is 1.62. The van der Waals surface area contributed by atoms with Crippen LogP contribution >= 0.6 is 0 Å². The third-order valence-corrected chi connectivity index (χ3v) is 3.35. The van der Waals surface area contributed by atoms with Gasteiger partial charge in [0.25, 0.3) is 0 Å². The van der Waals surface area contributed by atoms with Gasteiger partial charge in [-0.2, -0.15) is 0 Å². The van der Waals surface area contributed by atoms with Gasteiger partial charge in [0.1, 0.15) is 17.1 Å². The monoisotopic (exact) mass is 284 g/mol. The van der Waals surface area contributed by atoms with Gasteiger partial charge in [0, 0.05) is 18.2 Å². The van der Waals surface area contributed by atoms with E-state index in [2.05, 4.69) is 9.98 Å². The van der Waals surface area contributed by atoms with E-state index in [0.717, 1.165) is 11.3 Å². The minimum atomic E-state index is -0.861. The molecular weight excluding hydrogens is 268 g/mol. The molecule has 108 valence electrons. The number of nitrogens with zero attached hydrogens (tertiary/aromatic N) is 2. The highest BCUT2D eigenvalue weighted by atomic mass is 16.5. The fourth-order valence-electron chi connectivity index (χ4n) is 2.11. The second kappa shape index (κ2) is 5.06. The van der Waals surface area contributed by atoms with Crippen molar-refractivity contribution in [3.05, 3.63) is 48.3 Å². The molecule has 1 atom stereocenters. The van der Waals surface area contributed by atoms with Crippen molar-refractivity contribution in [1.82, 2.24) is 4.98 Å². The fourth-order valence-corrected chi connectivity index (χ4v) is 2.11. The first-order valence-electron chi connectivity index (χ1n) is 6.51. The number of hydrogen-bond donors (Lipinski definition) is 2. The van der Waals surface area contributed by atoms with Crippen molar-refractivity contribution in [1.29, 1.82) is 0 Å². The summed E-state index contributed by atoms with van der Waals surface area (Å²) in [6, 6.07) is 7.55. The van der Waals surface area contributed by atoms with Gasteiger partial charge in [-0.3, -0.25) is 0 Å². The Morgan fingerprint density at radius 3 is 2.95 bits per heavy atom. The number of oxazole rings is 1. The molecule has 6 nitrogen and oxygen atoms in total. The fraction of sp³-hybridized carbons (Fsp3) is 0.200. The number of hydrogen-bond acceptors (Lipinski definition) is 6. The molecular formula is C15H16N4O2. The second-order valence-electron chi connectivity index (χ2n) is 4.89. The largest absolute Gasteiger partial charge is 0.497 e. The van der Waals surface area contributed by atoms with Crippen molar-refractivity contribution in [2.45, 2.75) is 12.0 Å². The Morgan fingerprint density at radius 2 is 2.24 bits per heavy atom. The Bertz CT molecular complexity index is 720. The van der Waals surface area contributed by atoms with Gasteiger partial charge in [-0.05, 0) is 18.2 Å². The first-order valence-corrected chi connectivity index (χ1v) is 6.51. The van der Waals surface area contributed by atoms with E-state index in [1.807, 2.05) is 24.3 Å². The van der Waals surface area contributed by atoms with Gasteiger partial charge in [-0.25, -0.2) is 9.98 Å². The van der Waals surface area contributed by atoms with E-state index in [1.54, 1.807) is 25.6 Å². The molecule has 0 saturated carbocycles. The number of methoxy groups -OCH3 is 1. The molecule has 0 radical (unpaired) electrons. The number of nitrogens with two attached hydrogens (primary N) is 2. The number of aliphatic imine (C=N–C) groups is 1. The first kappa shape index (κ1) is 13.4. The van der Waals surface area contributed by atoms with Crippen molar-refractivity contribution in [3.8, 4) is 17.1 Å². The molecule has 21 heavy (non-hydrogen) atoms. The molecule has 1 unspecified atom stereocenters. The number of aromatic nitrogens is 1. The summed E-state index contributed by atoms with van der Waals surface area (Å²) in [4.78, 5) is 8.31. The molecule has 6 heteroatoms. The topological polar surface area (TPSA) is 99.7 Å². The van der Waals surface area contributed by atoms with Crippen molar-refractivity contribution in [3.63, 3.8) is 0 Å². The summed E-state index contributed by atoms with van der Waals surface area (Å²) in [5, 5.41) is 0. The van der Waals surface area contributed by atoms with Crippen LogP contribution < -0.4 is 16.2 Å². The Balaban J connectivity index is 1.91. The smallest absolute Gasteiger partial charge is 0.220 e. The molecule has 0 fully saturated rings. The normalized spacial score (nSPS) is 21.1. The van der Waals surface area contributed by atoms with Crippen LogP contribution in [0.15, 0.2) is 51.8 Å². The van der Waals surface area contributed by atoms with Crippen molar-refractivity contribution >= 4 is 6.21 Å². The van der Waals surface area contributed by atoms with E-state index in [-0.39, 0.29) is 0 Å². The number of benzene rings is 1. The van der Waals surface area contributed by atoms with Gasteiger partial charge in [0.15, 0.2) is 5.76 Å². The predicted octanol–water partition coefficient (Wildman–Crippen LogP) is 1.78. The van der Waals surface area contributed by atoms with Crippen molar-refractivity contribution < 1.29 is 9.15 Å². The van der Waals surface area contributed by atoms with E-state index in [0.29, 0.717) is 23.9 Å². The molecule has 0 bridgehead atoms. The Morgan fingerprint density at radius 1 is 1.38 bits per heavy atom. The van der Waals surface area contributed by atoms with Crippen LogP contribution in [0.2, 0.25) is 0 Å². The van der Waals surface area contributed by atoms with Gasteiger partial charge in [-0.15, -0.1) is 0 Å². The maximum atomic E-state index is 6.26. The van der Waals surface area contributed by atoms with Gasteiger partial charge in [0.2, 0.25) is 5.89 Å². The van der Waals surface area contributed by atoms with Crippen LogP contribution in [-0.2, 0) is 5.54 Å². The van der Waals surface area contributed by atoms with Gasteiger partial charge in [0.05, 0.1) is 13.3 Å². The highest BCUT2D eigenvalue weighted by Gasteiger charge is 2.32. The van der Waals surface area contributed by atoms with E-state index < -0.39 is 5.54 Å². The van der Waals surface area contributed by atoms with Gasteiger partial charge < -0.3 is 20.6 Å². The van der Waals surface area contributed by atoms with Crippen LogP contribution in [0.3, 0.4) is 0 Å². The highest BCUT2D eigenvalue weighted by molar-refractivity contribution is 5.73. The third kappa shape index (κ3) is 2.53. The quantitative estimate of drug-likeness (QED) is 0.894. The Labute approximate surface area is 122 Å². The van der Waals surface area contributed by atoms with E-state index in [1.165, 1.54) is 0 Å². The van der Waals surface area contributed by atoms with Gasteiger partial charge >= 0.3 is 0 Å². The summed E-state index contributed by atoms with van der Waals surface area (Å²) in [6.07, 6.45) is 5.48. The van der Waals surface area contributed by atoms with Crippen LogP contribution in [-0.4, -0.2) is 18.3 Å². The number of ether oxygens (including phenoxy) is 1. The zero-order valence-corrected chi connectivity index (χ0v) is 11.6. The van der Waals surface area contributed by atoms with Gasteiger partial charge in [-0.1, -0.05) is 12.1 Å². The standard InChI is InChI=1S/C15H16N4O2/c1-20-11-4-2-3-10(7-11)12-8-18-14(21-12)15(17)6-5-13(16)19-9-15/h2-5,7-9H,6,16-17H2,1H3. The van der Waals surface area contributed by atoms with Crippen LogP contribution in [0.5, 0.6) is 5.75 Å². The second-order valence-corrected chi connectivity index (χ2v) is 4.89. The molecule has 0 aliphatic carbocycles. The van der Waals surface area contributed by atoms with Crippen molar-refractivity contribution in [2.24, 2.45) is 16.5 Å². The summed E-state index contributed by atoms with van der Waals surface area (Å²) >= 11 is 0. The molecule has 0 saturated heterocycles. The molecule has 4 N–H and O–H groups in total. The third-order valence-electron chi connectivity index (χ3n) is 3.35. The Kier molecular flexibility index (Phi) is 3.23. The van der Waals surface area contributed by atoms with E-state index >= 15 is 0 Å². The molecule has 1 aliphatic rings. The maximum Gasteiger partial charge on any atom is 0.220 e. The lowest BCUT2D eigenvalue weighted by atomic mass is 9.96. The molecule has 2 aromatic rings. The van der Waals surface area contributed by atoms with Crippen LogP contribution in [0.4, 0.5) is 0 Å². The molecule has 2 heterocycles. The summed E-state index contributed by atoms with van der Waals surface area (Å²) in [6.45, 7) is 0. The molecule has 0 amide bonds. The highest BCUT2D eigenvalue weighted by Crippen LogP contribution is 2.29. The van der Waals surface area contributed by atoms with E-state index in [4.69, 9.17) is 20.6 Å². The predicted molar refractivity (Wildman–Crippen MR) is 79.7 cm³/mol. The van der Waals surface area contributed by atoms with Crippen LogP contribution in [0, 0.1) is 0 Å². The summed E-state index contributed by atoms with van der Waals surface area (Å²) in [5.41, 5.74) is 11.9. The molecule has 1 aromatic carbocycles. The summed E-state index contributed by atoms with van der Waals surface area (Å²) in [5.74, 6) is 2.25. The van der Waals surface area contributed by atoms with Crippen molar-refractivity contribution in [2.75, 3.05) is 7.11 Å². The maximum absolute atomic E-state index is 6.26. The van der Waals surface area contributed by atoms with Crippen LogP contribution in [0.1, 0.15) is 12.3 Å². The summed E-state index contributed by atoms with van der Waals surface area (Å²) < 4.78 is 11.0. The number of rotatable bonds is 3. The SMILES string of the molecule is COc1cccc(-c2cnc(C3(N)C=NC(N)=CC3)o2)c1. The first-order chi connectivity index (χ1) is 10.1. The molecule has 3 rings (SSSR count). The lowest BCUT2D eigenvalue weighted by Crippen LogP contribution is -2.40. The average molecular weight is 284 g/mol. The minimum Gasteiger partial charge on any atom is -0.497 e. The average Bonchev–Trinajstić information content (AvgIpc) is 3.01. The zero-order valence-electron chi connectivity index (χ0n) is 11.6.